The fraction of sp³-hybridized carbons (Fsp3) is 0.353. The summed E-state index contributed by atoms with van der Waals surface area (Å²) in [5.74, 6) is -0.594. The molecule has 1 atom stereocenters. The number of halogens is 3. The molecule has 0 radical (unpaired) electrons. The molecule has 6 nitrogen and oxygen atoms in total. The van der Waals surface area contributed by atoms with E-state index >= 15 is 0 Å². The van der Waals surface area contributed by atoms with Crippen molar-refractivity contribution < 1.29 is 22.8 Å². The maximum atomic E-state index is 13.1. The minimum Gasteiger partial charge on any atom is -0.344 e. The van der Waals surface area contributed by atoms with Crippen molar-refractivity contribution in [3.8, 4) is 11.1 Å². The summed E-state index contributed by atoms with van der Waals surface area (Å²) in [6.07, 6.45) is -4.05. The van der Waals surface area contributed by atoms with Crippen molar-refractivity contribution in [1.29, 1.82) is 0 Å². The summed E-state index contributed by atoms with van der Waals surface area (Å²) in [5.41, 5.74) is -0.180. The molecule has 0 bridgehead atoms. The van der Waals surface area contributed by atoms with E-state index in [0.717, 1.165) is 0 Å². The predicted molar refractivity (Wildman–Crippen MR) is 87.3 cm³/mol. The topological polar surface area (TPSA) is 78.1 Å². The van der Waals surface area contributed by atoms with E-state index in [1.807, 2.05) is 0 Å². The highest BCUT2D eigenvalue weighted by atomic mass is 19.4. The average Bonchev–Trinajstić information content (AvgIpc) is 3.12. The molecule has 2 heterocycles. The van der Waals surface area contributed by atoms with Gasteiger partial charge in [-0.1, -0.05) is 12.1 Å². The lowest BCUT2D eigenvalue weighted by atomic mass is 10.0. The summed E-state index contributed by atoms with van der Waals surface area (Å²) in [7, 11) is 1.66. The number of aromatic amines is 1. The fourth-order valence-corrected chi connectivity index (χ4v) is 2.97. The van der Waals surface area contributed by atoms with Crippen molar-refractivity contribution in [2.45, 2.75) is 25.6 Å². The monoisotopic (exact) mass is 366 g/mol. The van der Waals surface area contributed by atoms with Crippen molar-refractivity contribution in [2.75, 3.05) is 13.6 Å². The number of carbonyl (C=O) groups is 2. The van der Waals surface area contributed by atoms with Gasteiger partial charge in [-0.2, -0.15) is 18.3 Å². The van der Waals surface area contributed by atoms with Crippen LogP contribution in [0.4, 0.5) is 13.2 Å². The fourth-order valence-electron chi connectivity index (χ4n) is 2.97. The van der Waals surface area contributed by atoms with Crippen LogP contribution in [0.2, 0.25) is 0 Å². The second-order valence-electron chi connectivity index (χ2n) is 6.22. The van der Waals surface area contributed by atoms with Crippen LogP contribution in [0.25, 0.3) is 11.1 Å². The molecule has 2 amide bonds. The van der Waals surface area contributed by atoms with E-state index in [4.69, 9.17) is 0 Å². The molecule has 1 aromatic heterocycles. The van der Waals surface area contributed by atoms with Gasteiger partial charge in [-0.05, 0) is 31.0 Å². The van der Waals surface area contributed by atoms with Crippen LogP contribution in [0.5, 0.6) is 0 Å². The Bertz CT molecular complexity index is 843. The number of nitrogens with zero attached hydrogens (tertiary/aromatic N) is 2. The van der Waals surface area contributed by atoms with Gasteiger partial charge in [0, 0.05) is 30.4 Å². The third-order valence-electron chi connectivity index (χ3n) is 4.38. The van der Waals surface area contributed by atoms with Crippen LogP contribution in [0, 0.1) is 6.92 Å². The van der Waals surface area contributed by atoms with Crippen molar-refractivity contribution in [3.63, 3.8) is 0 Å². The lowest BCUT2D eigenvalue weighted by Crippen LogP contribution is -2.40. The molecule has 1 saturated heterocycles. The molecule has 1 unspecified atom stereocenters. The lowest BCUT2D eigenvalue weighted by Gasteiger charge is -2.13. The third kappa shape index (κ3) is 3.29. The molecule has 0 aliphatic carbocycles. The van der Waals surface area contributed by atoms with Gasteiger partial charge in [0.25, 0.3) is 5.91 Å². The van der Waals surface area contributed by atoms with E-state index in [-0.39, 0.29) is 22.7 Å². The van der Waals surface area contributed by atoms with E-state index in [1.165, 1.54) is 36.1 Å². The Morgan fingerprint density at radius 3 is 2.50 bits per heavy atom. The molecular formula is C17H17F3N4O2. The van der Waals surface area contributed by atoms with Gasteiger partial charge in [0.15, 0.2) is 5.69 Å². The second kappa shape index (κ2) is 6.47. The summed E-state index contributed by atoms with van der Waals surface area (Å²) in [6.45, 7) is 2.07. The van der Waals surface area contributed by atoms with E-state index in [0.29, 0.717) is 18.5 Å². The highest BCUT2D eigenvalue weighted by Crippen LogP contribution is 2.37. The van der Waals surface area contributed by atoms with Gasteiger partial charge in [-0.3, -0.25) is 14.7 Å². The van der Waals surface area contributed by atoms with E-state index in [2.05, 4.69) is 15.5 Å². The molecule has 1 aromatic carbocycles. The SMILES string of the molecule is Cc1[nH]nc(C(F)(F)F)c1-c1ccc(C(=O)NC2CCN(C)C2=O)cc1. The Morgan fingerprint density at radius 1 is 1.31 bits per heavy atom. The van der Waals surface area contributed by atoms with Crippen LogP contribution in [0.15, 0.2) is 24.3 Å². The molecule has 3 rings (SSSR count). The zero-order valence-corrected chi connectivity index (χ0v) is 14.1. The van der Waals surface area contributed by atoms with Crippen LogP contribution in [-0.2, 0) is 11.0 Å². The van der Waals surface area contributed by atoms with Crippen molar-refractivity contribution in [2.24, 2.45) is 0 Å². The van der Waals surface area contributed by atoms with Gasteiger partial charge >= 0.3 is 6.18 Å². The summed E-state index contributed by atoms with van der Waals surface area (Å²) in [4.78, 5) is 25.6. The van der Waals surface area contributed by atoms with Crippen LogP contribution in [-0.4, -0.2) is 46.5 Å². The Kier molecular flexibility index (Phi) is 4.47. The zero-order chi connectivity index (χ0) is 19.1. The van der Waals surface area contributed by atoms with E-state index < -0.39 is 23.8 Å². The number of carbonyl (C=O) groups excluding carboxylic acids is 2. The molecule has 26 heavy (non-hydrogen) atoms. The first-order valence-corrected chi connectivity index (χ1v) is 7.97. The molecule has 0 spiro atoms. The molecule has 1 fully saturated rings. The Labute approximate surface area is 147 Å². The van der Waals surface area contributed by atoms with E-state index in [9.17, 15) is 22.8 Å². The average molecular weight is 366 g/mol. The molecule has 9 heteroatoms. The number of hydrogen-bond donors (Lipinski definition) is 2. The number of aryl methyl sites for hydroxylation is 1. The largest absolute Gasteiger partial charge is 0.435 e. The first-order valence-electron chi connectivity index (χ1n) is 7.97. The number of likely N-dealkylation sites (tertiary alicyclic amines) is 1. The minimum atomic E-state index is -4.58. The van der Waals surface area contributed by atoms with Gasteiger partial charge in [0.1, 0.15) is 6.04 Å². The van der Waals surface area contributed by atoms with Gasteiger partial charge < -0.3 is 10.2 Å². The van der Waals surface area contributed by atoms with Crippen LogP contribution < -0.4 is 5.32 Å². The minimum absolute atomic E-state index is 0.0444. The summed E-state index contributed by atoms with van der Waals surface area (Å²) >= 11 is 0. The van der Waals surface area contributed by atoms with Gasteiger partial charge in [0.2, 0.25) is 5.91 Å². The van der Waals surface area contributed by atoms with Crippen LogP contribution >= 0.6 is 0 Å². The number of amides is 2. The normalized spacial score (nSPS) is 17.7. The highest BCUT2D eigenvalue weighted by molar-refractivity contribution is 5.98. The van der Waals surface area contributed by atoms with E-state index in [1.54, 1.807) is 7.05 Å². The zero-order valence-electron chi connectivity index (χ0n) is 14.1. The number of nitrogens with one attached hydrogen (secondary N) is 2. The number of likely N-dealkylation sites (N-methyl/N-ethyl adjacent to an activating group) is 1. The van der Waals surface area contributed by atoms with Crippen LogP contribution in [0.3, 0.4) is 0 Å². The third-order valence-corrected chi connectivity index (χ3v) is 4.38. The highest BCUT2D eigenvalue weighted by Gasteiger charge is 2.38. The van der Waals surface area contributed by atoms with Gasteiger partial charge in [0.05, 0.1) is 0 Å². The Hall–Kier alpha value is -2.84. The molecule has 2 aromatic rings. The smallest absolute Gasteiger partial charge is 0.344 e. The van der Waals surface area contributed by atoms with Crippen molar-refractivity contribution in [1.82, 2.24) is 20.4 Å². The second-order valence-corrected chi connectivity index (χ2v) is 6.22. The summed E-state index contributed by atoms with van der Waals surface area (Å²) in [5, 5.41) is 8.33. The van der Waals surface area contributed by atoms with Gasteiger partial charge in [-0.15, -0.1) is 0 Å². The summed E-state index contributed by atoms with van der Waals surface area (Å²) in [6, 6.07) is 5.16. The number of H-pyrrole nitrogens is 1. The molecule has 2 N–H and O–H groups in total. The number of rotatable bonds is 3. The standard InChI is InChI=1S/C17H17F3N4O2/c1-9-13(14(23-22-9)17(18,19)20)10-3-5-11(6-4-10)15(25)21-12-7-8-24(2)16(12)26/h3-6,12H,7-8H2,1-2H3,(H,21,25)(H,22,23). The number of benzene rings is 1. The maximum Gasteiger partial charge on any atom is 0.435 e. The number of hydrogen-bond acceptors (Lipinski definition) is 3. The van der Waals surface area contributed by atoms with Gasteiger partial charge in [-0.25, -0.2) is 0 Å². The molecule has 138 valence electrons. The Balaban J connectivity index is 1.80. The molecule has 0 saturated carbocycles. The number of alkyl halides is 3. The summed E-state index contributed by atoms with van der Waals surface area (Å²) < 4.78 is 39.2. The molecule has 1 aliphatic rings. The van der Waals surface area contributed by atoms with Crippen molar-refractivity contribution >= 4 is 11.8 Å². The lowest BCUT2D eigenvalue weighted by molar-refractivity contribution is -0.140. The predicted octanol–water partition coefficient (Wildman–Crippen LogP) is 2.36. The first-order chi connectivity index (χ1) is 12.2. The number of aromatic nitrogens is 2. The maximum absolute atomic E-state index is 13.1. The first kappa shape index (κ1) is 18.0. The molecular weight excluding hydrogens is 349 g/mol. The quantitative estimate of drug-likeness (QED) is 0.875. The van der Waals surface area contributed by atoms with Crippen molar-refractivity contribution in [3.05, 3.63) is 41.2 Å². The van der Waals surface area contributed by atoms with Crippen LogP contribution in [0.1, 0.15) is 28.2 Å². The Morgan fingerprint density at radius 2 is 1.96 bits per heavy atom. The molecule has 1 aliphatic heterocycles.